The first-order valence-corrected chi connectivity index (χ1v) is 12.5. The van der Waals surface area contributed by atoms with Gasteiger partial charge in [0.15, 0.2) is 0 Å². The van der Waals surface area contributed by atoms with Crippen LogP contribution >= 0.6 is 22.9 Å². The van der Waals surface area contributed by atoms with Gasteiger partial charge >= 0.3 is 0 Å². The van der Waals surface area contributed by atoms with Crippen LogP contribution in [0.1, 0.15) is 38.8 Å². The number of anilines is 1. The van der Waals surface area contributed by atoms with Gasteiger partial charge < -0.3 is 9.80 Å². The summed E-state index contributed by atoms with van der Waals surface area (Å²) in [5.74, 6) is 0.462. The maximum absolute atomic E-state index is 14.0. The number of benzene rings is 2. The highest BCUT2D eigenvalue weighted by Crippen LogP contribution is 2.46. The standard InChI is InChI=1S/C26H25ClN4OS/c1-15-4-9-22-20(12-15)21-14-29(3)11-10-23(21)30(22)25(32)24-13-19-16(2)28-31(26(19)33-24)18-7-5-17(27)6-8-18/h4-9,12-13,21,23H,10-11,14H2,1-3H3/t21-,23-/m0/s1. The number of carbonyl (C=O) groups excluding carboxylic acids is 1. The lowest BCUT2D eigenvalue weighted by Crippen LogP contribution is -2.47. The van der Waals surface area contributed by atoms with Crippen molar-refractivity contribution in [3.8, 4) is 5.69 Å². The van der Waals surface area contributed by atoms with E-state index in [4.69, 9.17) is 16.7 Å². The molecule has 1 saturated heterocycles. The van der Waals surface area contributed by atoms with Crippen molar-refractivity contribution in [3.05, 3.63) is 75.3 Å². The first-order valence-electron chi connectivity index (χ1n) is 11.3. The van der Waals surface area contributed by atoms with E-state index in [1.54, 1.807) is 0 Å². The number of piperidine rings is 1. The van der Waals surface area contributed by atoms with Gasteiger partial charge in [0.1, 0.15) is 4.83 Å². The molecule has 1 amide bonds. The van der Waals surface area contributed by atoms with Gasteiger partial charge in [0.05, 0.1) is 16.3 Å². The number of rotatable bonds is 2. The second-order valence-corrected chi connectivity index (χ2v) is 10.7. The van der Waals surface area contributed by atoms with Crippen molar-refractivity contribution < 1.29 is 4.79 Å². The topological polar surface area (TPSA) is 41.4 Å². The number of fused-ring (bicyclic) bond motifs is 4. The second kappa shape index (κ2) is 7.69. The summed E-state index contributed by atoms with van der Waals surface area (Å²) in [4.78, 5) is 20.2. The predicted octanol–water partition coefficient (Wildman–Crippen LogP) is 5.81. The lowest BCUT2D eigenvalue weighted by molar-refractivity contribution is 0.0968. The quantitative estimate of drug-likeness (QED) is 0.367. The zero-order chi connectivity index (χ0) is 22.9. The number of thiophene rings is 1. The summed E-state index contributed by atoms with van der Waals surface area (Å²) < 4.78 is 1.92. The van der Waals surface area contributed by atoms with Gasteiger partial charge in [-0.25, -0.2) is 4.68 Å². The lowest BCUT2D eigenvalue weighted by atomic mass is 9.89. The molecule has 0 N–H and O–H groups in total. The van der Waals surface area contributed by atoms with E-state index in [-0.39, 0.29) is 11.9 Å². The first kappa shape index (κ1) is 20.9. The lowest BCUT2D eigenvalue weighted by Gasteiger charge is -2.36. The number of likely N-dealkylation sites (N-methyl/N-ethyl adjacent to an activating group) is 1. The van der Waals surface area contributed by atoms with Crippen LogP contribution in [0.25, 0.3) is 15.9 Å². The van der Waals surface area contributed by atoms with E-state index < -0.39 is 0 Å². The number of aryl methyl sites for hydroxylation is 2. The Morgan fingerprint density at radius 2 is 1.91 bits per heavy atom. The number of hydrogen-bond donors (Lipinski definition) is 0. The van der Waals surface area contributed by atoms with Crippen molar-refractivity contribution in [3.63, 3.8) is 0 Å². The maximum atomic E-state index is 14.0. The van der Waals surface area contributed by atoms with Crippen LogP contribution in [0.15, 0.2) is 48.5 Å². The second-order valence-electron chi connectivity index (χ2n) is 9.27. The minimum Gasteiger partial charge on any atom is -0.306 e. The largest absolute Gasteiger partial charge is 0.306 e. The minimum atomic E-state index is 0.0976. The van der Waals surface area contributed by atoms with Crippen molar-refractivity contribution in [1.29, 1.82) is 0 Å². The Labute approximate surface area is 202 Å². The fraction of sp³-hybridized carbons (Fsp3) is 0.308. The summed E-state index contributed by atoms with van der Waals surface area (Å²) in [5.41, 5.74) is 5.49. The Morgan fingerprint density at radius 1 is 1.12 bits per heavy atom. The van der Waals surface area contributed by atoms with Crippen molar-refractivity contribution in [2.75, 3.05) is 25.0 Å². The molecule has 2 aromatic carbocycles. The molecule has 4 aromatic rings. The predicted molar refractivity (Wildman–Crippen MR) is 135 cm³/mol. The highest BCUT2D eigenvalue weighted by Gasteiger charge is 2.44. The van der Waals surface area contributed by atoms with E-state index >= 15 is 0 Å². The number of aromatic nitrogens is 2. The summed E-state index contributed by atoms with van der Waals surface area (Å²) >= 11 is 7.60. The summed E-state index contributed by atoms with van der Waals surface area (Å²) in [5, 5.41) is 6.44. The number of carbonyl (C=O) groups is 1. The molecule has 2 aliphatic heterocycles. The van der Waals surface area contributed by atoms with E-state index in [9.17, 15) is 4.79 Å². The summed E-state index contributed by atoms with van der Waals surface area (Å²) in [6.07, 6.45) is 0.989. The molecule has 0 spiro atoms. The Morgan fingerprint density at radius 3 is 2.70 bits per heavy atom. The van der Waals surface area contributed by atoms with Gasteiger partial charge in [-0.2, -0.15) is 5.10 Å². The maximum Gasteiger partial charge on any atom is 0.268 e. The molecule has 168 valence electrons. The molecular formula is C26H25ClN4OS. The Hall–Kier alpha value is -2.67. The molecule has 0 radical (unpaired) electrons. The van der Waals surface area contributed by atoms with E-state index in [2.05, 4.69) is 42.0 Å². The van der Waals surface area contributed by atoms with Crippen molar-refractivity contribution in [2.45, 2.75) is 32.2 Å². The van der Waals surface area contributed by atoms with Crippen LogP contribution in [0.2, 0.25) is 5.02 Å². The normalized spacial score (nSPS) is 20.3. The van der Waals surface area contributed by atoms with Gasteiger partial charge in [-0.05, 0) is 75.8 Å². The highest BCUT2D eigenvalue weighted by molar-refractivity contribution is 7.20. The highest BCUT2D eigenvalue weighted by atomic mass is 35.5. The number of hydrogen-bond acceptors (Lipinski definition) is 4. The molecule has 0 bridgehead atoms. The third-order valence-electron chi connectivity index (χ3n) is 7.00. The monoisotopic (exact) mass is 476 g/mol. The Bertz CT molecular complexity index is 1390. The number of likely N-dealkylation sites (tertiary alicyclic amines) is 1. The van der Waals surface area contributed by atoms with Crippen LogP contribution in [0.3, 0.4) is 0 Å². The summed E-state index contributed by atoms with van der Waals surface area (Å²) in [6.45, 7) is 6.12. The fourth-order valence-electron chi connectivity index (χ4n) is 5.37. The molecule has 1 fully saturated rings. The van der Waals surface area contributed by atoms with Crippen LogP contribution in [-0.2, 0) is 0 Å². The summed E-state index contributed by atoms with van der Waals surface area (Å²) in [7, 11) is 2.17. The average Bonchev–Trinajstić information content (AvgIpc) is 3.45. The summed E-state index contributed by atoms with van der Waals surface area (Å²) in [6, 6.07) is 16.4. The van der Waals surface area contributed by atoms with E-state index in [0.717, 1.165) is 51.7 Å². The van der Waals surface area contributed by atoms with Gasteiger partial charge in [-0.1, -0.05) is 29.3 Å². The molecule has 5 nitrogen and oxygen atoms in total. The van der Waals surface area contributed by atoms with Gasteiger partial charge in [0, 0.05) is 34.6 Å². The SMILES string of the molecule is Cc1ccc2c(c1)[C@@H]1CN(C)CC[C@@H]1N2C(=O)c1cc2c(C)nn(-c3ccc(Cl)cc3)c2s1. The number of halogens is 1. The molecule has 2 aromatic heterocycles. The Balaban J connectivity index is 1.43. The van der Waals surface area contributed by atoms with Crippen molar-refractivity contribution in [1.82, 2.24) is 14.7 Å². The molecule has 2 aliphatic rings. The van der Waals surface area contributed by atoms with Crippen molar-refractivity contribution in [2.24, 2.45) is 0 Å². The van der Waals surface area contributed by atoms with E-state index in [0.29, 0.717) is 10.9 Å². The number of nitrogens with zero attached hydrogens (tertiary/aromatic N) is 4. The van der Waals surface area contributed by atoms with Gasteiger partial charge in [-0.3, -0.25) is 4.79 Å². The fourth-order valence-corrected chi connectivity index (χ4v) is 6.62. The van der Waals surface area contributed by atoms with Crippen LogP contribution in [0.4, 0.5) is 5.69 Å². The van der Waals surface area contributed by atoms with Gasteiger partial charge in [0.25, 0.3) is 5.91 Å². The molecule has 7 heteroatoms. The van der Waals surface area contributed by atoms with Crippen LogP contribution < -0.4 is 4.90 Å². The first-order chi connectivity index (χ1) is 15.9. The zero-order valence-corrected chi connectivity index (χ0v) is 20.5. The van der Waals surface area contributed by atoms with E-state index in [1.807, 2.05) is 41.9 Å². The molecule has 0 saturated carbocycles. The number of amides is 1. The molecule has 2 atom stereocenters. The molecule has 0 unspecified atom stereocenters. The van der Waals surface area contributed by atoms with Crippen LogP contribution in [-0.4, -0.2) is 46.8 Å². The van der Waals surface area contributed by atoms with Crippen molar-refractivity contribution >= 4 is 44.7 Å². The Kier molecular flexibility index (Phi) is 4.87. The van der Waals surface area contributed by atoms with E-state index in [1.165, 1.54) is 22.5 Å². The van der Waals surface area contributed by atoms with Crippen LogP contribution in [0, 0.1) is 13.8 Å². The zero-order valence-electron chi connectivity index (χ0n) is 18.9. The molecule has 4 heterocycles. The molecule has 6 rings (SSSR count). The third-order valence-corrected chi connectivity index (χ3v) is 8.35. The molecule has 33 heavy (non-hydrogen) atoms. The average molecular weight is 477 g/mol. The smallest absolute Gasteiger partial charge is 0.268 e. The molecular weight excluding hydrogens is 452 g/mol. The third kappa shape index (κ3) is 3.31. The molecule has 0 aliphatic carbocycles. The minimum absolute atomic E-state index is 0.0976. The van der Waals surface area contributed by atoms with Crippen LogP contribution in [0.5, 0.6) is 0 Å². The van der Waals surface area contributed by atoms with Gasteiger partial charge in [0.2, 0.25) is 0 Å². The van der Waals surface area contributed by atoms with Gasteiger partial charge in [-0.15, -0.1) is 11.3 Å².